The number of allylic oxidation sites excluding steroid dienone is 1. The van der Waals surface area contributed by atoms with E-state index in [2.05, 4.69) is 15.5 Å². The molecule has 1 fully saturated rings. The molecule has 1 rings (SSSR count). The summed E-state index contributed by atoms with van der Waals surface area (Å²) in [6.07, 6.45) is 2.95. The second-order valence-corrected chi connectivity index (χ2v) is 4.63. The lowest BCUT2D eigenvalue weighted by Gasteiger charge is -2.35. The van der Waals surface area contributed by atoms with Crippen molar-refractivity contribution in [1.29, 1.82) is 0 Å². The minimum absolute atomic E-state index is 0. The monoisotopic (exact) mass is 330 g/mol. The van der Waals surface area contributed by atoms with E-state index in [-0.39, 0.29) is 24.8 Å². The molecule has 1 aliphatic rings. The number of nitrogens with two attached hydrogens (primary N) is 2. The normalized spacial score (nSPS) is 22.4. The summed E-state index contributed by atoms with van der Waals surface area (Å²) in [4.78, 5) is 36.9. The fourth-order valence-electron chi connectivity index (χ4n) is 2.01. The van der Waals surface area contributed by atoms with E-state index in [4.69, 9.17) is 11.5 Å². The highest BCUT2D eigenvalue weighted by atomic mass is 35.5. The summed E-state index contributed by atoms with van der Waals surface area (Å²) in [5.74, 6) is -1.57. The van der Waals surface area contributed by atoms with Gasteiger partial charge in [-0.25, -0.2) is 4.79 Å². The van der Waals surface area contributed by atoms with Gasteiger partial charge in [-0.05, 0) is 13.8 Å². The van der Waals surface area contributed by atoms with E-state index in [0.29, 0.717) is 5.71 Å². The van der Waals surface area contributed by atoms with E-state index in [0.717, 1.165) is 4.90 Å². The van der Waals surface area contributed by atoms with Crippen LogP contribution in [-0.2, 0) is 9.59 Å². The van der Waals surface area contributed by atoms with Crippen LogP contribution in [-0.4, -0.2) is 41.5 Å². The second kappa shape index (κ2) is 7.55. The SMILES string of the molecule is C/C=C\C1(C/C(C)=N/N=C(N)N)C(=O)NC(=O)N(C)C1=O.Cl. The Bertz CT molecular complexity index is 567. The third-order valence-corrected chi connectivity index (χ3v) is 2.94. The Morgan fingerprint density at radius 3 is 2.41 bits per heavy atom. The highest BCUT2D eigenvalue weighted by Gasteiger charge is 2.51. The number of imide groups is 2. The first-order valence-corrected chi connectivity index (χ1v) is 6.14. The first kappa shape index (κ1) is 19.6. The Balaban J connectivity index is 0.00000441. The molecular weight excluding hydrogens is 312 g/mol. The first-order valence-electron chi connectivity index (χ1n) is 6.14. The molecule has 1 heterocycles. The lowest BCUT2D eigenvalue weighted by molar-refractivity contribution is -0.146. The highest BCUT2D eigenvalue weighted by Crippen LogP contribution is 2.31. The molecule has 22 heavy (non-hydrogen) atoms. The molecule has 0 spiro atoms. The zero-order valence-corrected chi connectivity index (χ0v) is 13.3. The van der Waals surface area contributed by atoms with Gasteiger partial charge < -0.3 is 11.5 Å². The summed E-state index contributed by atoms with van der Waals surface area (Å²) in [5, 5.41) is 9.36. The van der Waals surface area contributed by atoms with Crippen LogP contribution in [0.2, 0.25) is 0 Å². The predicted octanol–water partition coefficient (Wildman–Crippen LogP) is -0.282. The number of carbonyl (C=O) groups is 3. The third-order valence-electron chi connectivity index (χ3n) is 2.94. The summed E-state index contributed by atoms with van der Waals surface area (Å²) in [6.45, 7) is 3.25. The maximum absolute atomic E-state index is 12.4. The van der Waals surface area contributed by atoms with Crippen molar-refractivity contribution in [2.75, 3.05) is 7.05 Å². The van der Waals surface area contributed by atoms with Crippen molar-refractivity contribution in [3.05, 3.63) is 12.2 Å². The first-order chi connectivity index (χ1) is 9.74. The van der Waals surface area contributed by atoms with Crippen molar-refractivity contribution in [2.24, 2.45) is 27.1 Å². The Morgan fingerprint density at radius 2 is 1.91 bits per heavy atom. The minimum atomic E-state index is -1.54. The predicted molar refractivity (Wildman–Crippen MR) is 84.3 cm³/mol. The van der Waals surface area contributed by atoms with Crippen LogP contribution in [0.1, 0.15) is 20.3 Å². The Hall–Kier alpha value is -2.42. The van der Waals surface area contributed by atoms with Crippen LogP contribution in [0.25, 0.3) is 0 Å². The average Bonchev–Trinajstić information content (AvgIpc) is 2.41. The molecule has 0 aromatic rings. The minimum Gasteiger partial charge on any atom is -0.369 e. The topological polar surface area (TPSA) is 143 Å². The molecule has 10 heteroatoms. The number of rotatable bonds is 4. The number of hydrogen-bond acceptors (Lipinski definition) is 5. The van der Waals surface area contributed by atoms with Crippen molar-refractivity contribution in [3.8, 4) is 0 Å². The Labute approximate surface area is 133 Å². The zero-order valence-electron chi connectivity index (χ0n) is 12.5. The number of barbiturate groups is 1. The lowest BCUT2D eigenvalue weighted by atomic mass is 9.78. The van der Waals surface area contributed by atoms with Crippen LogP contribution < -0.4 is 16.8 Å². The van der Waals surface area contributed by atoms with E-state index < -0.39 is 23.3 Å². The molecule has 122 valence electrons. The van der Waals surface area contributed by atoms with E-state index >= 15 is 0 Å². The fourth-order valence-corrected chi connectivity index (χ4v) is 2.01. The van der Waals surface area contributed by atoms with Crippen molar-refractivity contribution < 1.29 is 14.4 Å². The molecule has 0 saturated carbocycles. The van der Waals surface area contributed by atoms with Gasteiger partial charge in [-0.2, -0.15) is 5.10 Å². The number of guanidine groups is 1. The molecule has 1 unspecified atom stereocenters. The second-order valence-electron chi connectivity index (χ2n) is 4.63. The van der Waals surface area contributed by atoms with Gasteiger partial charge >= 0.3 is 6.03 Å². The zero-order chi connectivity index (χ0) is 16.2. The van der Waals surface area contributed by atoms with Crippen LogP contribution in [0, 0.1) is 5.41 Å². The standard InChI is InChI=1S/C12H18N6O3.ClH/c1-4-5-12(6-7(2)16-17-10(13)14)8(19)15-11(21)18(3)9(12)20;/h4-5H,6H2,1-3H3,(H4,13,14,17)(H,15,19,21);1H/b5-4-,16-7+;. The summed E-state index contributed by atoms with van der Waals surface area (Å²) >= 11 is 0. The van der Waals surface area contributed by atoms with Crippen molar-refractivity contribution in [2.45, 2.75) is 20.3 Å². The molecule has 1 aliphatic heterocycles. The summed E-state index contributed by atoms with van der Waals surface area (Å²) in [5.41, 5.74) is 9.17. The van der Waals surface area contributed by atoms with Crippen molar-refractivity contribution in [3.63, 3.8) is 0 Å². The van der Waals surface area contributed by atoms with Crippen LogP contribution >= 0.6 is 12.4 Å². The number of nitrogens with one attached hydrogen (secondary N) is 1. The maximum atomic E-state index is 12.4. The maximum Gasteiger partial charge on any atom is 0.330 e. The third kappa shape index (κ3) is 3.82. The largest absolute Gasteiger partial charge is 0.369 e. The molecule has 0 bridgehead atoms. The van der Waals surface area contributed by atoms with Gasteiger partial charge in [0, 0.05) is 19.2 Å². The van der Waals surface area contributed by atoms with Crippen LogP contribution in [0.15, 0.2) is 22.4 Å². The van der Waals surface area contributed by atoms with Crippen LogP contribution in [0.5, 0.6) is 0 Å². The fraction of sp³-hybridized carbons (Fsp3) is 0.417. The number of hydrogen-bond donors (Lipinski definition) is 3. The van der Waals surface area contributed by atoms with E-state index in [1.165, 1.54) is 13.1 Å². The number of amides is 4. The van der Waals surface area contributed by atoms with E-state index in [1.807, 2.05) is 0 Å². The van der Waals surface area contributed by atoms with Crippen LogP contribution in [0.4, 0.5) is 4.79 Å². The molecule has 9 nitrogen and oxygen atoms in total. The highest BCUT2D eigenvalue weighted by molar-refractivity contribution is 6.21. The van der Waals surface area contributed by atoms with Gasteiger partial charge in [-0.15, -0.1) is 17.5 Å². The van der Waals surface area contributed by atoms with Crippen molar-refractivity contribution in [1.82, 2.24) is 10.2 Å². The molecule has 1 saturated heterocycles. The van der Waals surface area contributed by atoms with Gasteiger partial charge in [0.2, 0.25) is 17.8 Å². The lowest BCUT2D eigenvalue weighted by Crippen LogP contribution is -2.62. The smallest absolute Gasteiger partial charge is 0.330 e. The van der Waals surface area contributed by atoms with Gasteiger partial charge in [-0.1, -0.05) is 12.2 Å². The van der Waals surface area contributed by atoms with Crippen molar-refractivity contribution >= 4 is 41.9 Å². The van der Waals surface area contributed by atoms with E-state index in [9.17, 15) is 14.4 Å². The van der Waals surface area contributed by atoms with Gasteiger partial charge in [0.1, 0.15) is 0 Å². The number of urea groups is 1. The average molecular weight is 331 g/mol. The molecule has 1 atom stereocenters. The summed E-state index contributed by atoms with van der Waals surface area (Å²) < 4.78 is 0. The summed E-state index contributed by atoms with van der Waals surface area (Å²) in [7, 11) is 1.30. The quantitative estimate of drug-likeness (QED) is 0.213. The number of carbonyl (C=O) groups excluding carboxylic acids is 3. The molecule has 0 aromatic carbocycles. The Morgan fingerprint density at radius 1 is 1.32 bits per heavy atom. The molecule has 0 aromatic heterocycles. The Kier molecular flexibility index (Phi) is 6.72. The number of nitrogens with zero attached hydrogens (tertiary/aromatic N) is 3. The molecule has 0 aliphatic carbocycles. The summed E-state index contributed by atoms with van der Waals surface area (Å²) in [6, 6.07) is -0.760. The molecule has 5 N–H and O–H groups in total. The number of halogens is 1. The van der Waals surface area contributed by atoms with E-state index in [1.54, 1.807) is 19.9 Å². The van der Waals surface area contributed by atoms with Crippen LogP contribution in [0.3, 0.4) is 0 Å². The van der Waals surface area contributed by atoms with Gasteiger partial charge in [-0.3, -0.25) is 19.8 Å². The van der Waals surface area contributed by atoms with Gasteiger partial charge in [0.05, 0.1) is 0 Å². The molecule has 0 radical (unpaired) electrons. The molecule has 4 amide bonds. The van der Waals surface area contributed by atoms with Gasteiger partial charge in [0.25, 0.3) is 0 Å². The molecular formula is C12H19ClN6O3. The van der Waals surface area contributed by atoms with Gasteiger partial charge in [0.15, 0.2) is 5.41 Å².